The molecule has 0 spiro atoms. The van der Waals surface area contributed by atoms with E-state index in [1.165, 1.54) is 17.0 Å². The molecule has 0 aromatic heterocycles. The third kappa shape index (κ3) is 5.30. The molecule has 182 valence electrons. The van der Waals surface area contributed by atoms with Crippen molar-refractivity contribution in [3.8, 4) is 0 Å². The van der Waals surface area contributed by atoms with Gasteiger partial charge in [-0.1, -0.05) is 55.8 Å². The summed E-state index contributed by atoms with van der Waals surface area (Å²) in [5, 5.41) is 2.85. The number of fused-ring (bicyclic) bond motifs is 1. The lowest BCUT2D eigenvalue weighted by Gasteiger charge is -2.31. The number of nitrogens with zero attached hydrogens (tertiary/aromatic N) is 2. The van der Waals surface area contributed by atoms with Gasteiger partial charge >= 0.3 is 0 Å². The van der Waals surface area contributed by atoms with Crippen molar-refractivity contribution in [3.63, 3.8) is 0 Å². The van der Waals surface area contributed by atoms with Gasteiger partial charge in [-0.15, -0.1) is 0 Å². The fraction of sp³-hybridized carbons (Fsp3) is 0.400. The number of hydrogen-bond acceptors (Lipinski definition) is 5. The number of rotatable bonds is 10. The zero-order chi connectivity index (χ0) is 24.9. The third-order valence-corrected chi connectivity index (χ3v) is 7.65. The number of sulfonamides is 1. The third-order valence-electron chi connectivity index (χ3n) is 5.81. The van der Waals surface area contributed by atoms with Crippen molar-refractivity contribution in [1.82, 2.24) is 14.5 Å². The first-order valence-corrected chi connectivity index (χ1v) is 12.9. The Hall–Kier alpha value is -3.20. The molecule has 1 atom stereocenters. The molecule has 0 aliphatic carbocycles. The molecular weight excluding hydrogens is 454 g/mol. The molecule has 2 aromatic rings. The van der Waals surface area contributed by atoms with Gasteiger partial charge in [0.25, 0.3) is 15.9 Å². The molecule has 0 saturated carbocycles. The average molecular weight is 486 g/mol. The maximum absolute atomic E-state index is 13.4. The van der Waals surface area contributed by atoms with E-state index in [1.807, 2.05) is 45.0 Å². The van der Waals surface area contributed by atoms with Crippen LogP contribution in [0.4, 0.5) is 0 Å². The van der Waals surface area contributed by atoms with Gasteiger partial charge in [0, 0.05) is 26.1 Å². The molecular formula is C25H31N3O5S. The van der Waals surface area contributed by atoms with E-state index < -0.39 is 22.0 Å². The highest BCUT2D eigenvalue weighted by molar-refractivity contribution is 7.90. The van der Waals surface area contributed by atoms with Gasteiger partial charge in [0.15, 0.2) is 0 Å². The minimum Gasteiger partial charge on any atom is -0.354 e. The lowest BCUT2D eigenvalue weighted by molar-refractivity contribution is -0.141. The molecule has 1 heterocycles. The Morgan fingerprint density at radius 3 is 2.47 bits per heavy atom. The number of carbonyl (C=O) groups excluding carboxylic acids is 3. The Kier molecular flexibility index (Phi) is 8.09. The van der Waals surface area contributed by atoms with Crippen molar-refractivity contribution in [1.29, 1.82) is 0 Å². The van der Waals surface area contributed by atoms with Crippen LogP contribution in [0.5, 0.6) is 0 Å². The van der Waals surface area contributed by atoms with Crippen LogP contribution in [0.1, 0.15) is 54.6 Å². The standard InChI is InChI=1S/C25H31N3O5S/c1-4-14-26-24(30)21(5-2)27(17-19-10-8-9-18(3)16-19)23(29)13-15-28-25(31)20-11-6-7-12-22(20)34(28,32)33/h6-12,16,21H,4-5,13-15,17H2,1-3H3,(H,26,30)/t21-/m1/s1. The van der Waals surface area contributed by atoms with Crippen molar-refractivity contribution in [2.75, 3.05) is 13.1 Å². The average Bonchev–Trinajstić information content (AvgIpc) is 3.01. The van der Waals surface area contributed by atoms with Gasteiger partial charge in [0.05, 0.1) is 5.56 Å². The molecule has 3 amide bonds. The van der Waals surface area contributed by atoms with Crippen LogP contribution in [0.25, 0.3) is 0 Å². The van der Waals surface area contributed by atoms with Crippen molar-refractivity contribution in [2.45, 2.75) is 57.5 Å². The minimum absolute atomic E-state index is 0.0468. The van der Waals surface area contributed by atoms with Crippen molar-refractivity contribution in [2.24, 2.45) is 0 Å². The van der Waals surface area contributed by atoms with Crippen molar-refractivity contribution >= 4 is 27.7 Å². The second-order valence-corrected chi connectivity index (χ2v) is 10.2. The highest BCUT2D eigenvalue weighted by atomic mass is 32.2. The summed E-state index contributed by atoms with van der Waals surface area (Å²) in [5.41, 5.74) is 2.00. The SMILES string of the molecule is CCCNC(=O)[C@@H](CC)N(Cc1cccc(C)c1)C(=O)CCN1C(=O)c2ccccc2S1(=O)=O. The normalized spacial score (nSPS) is 15.0. The van der Waals surface area contributed by atoms with Crippen LogP contribution < -0.4 is 5.32 Å². The first-order chi connectivity index (χ1) is 16.2. The smallest absolute Gasteiger partial charge is 0.269 e. The molecule has 1 aliphatic rings. The maximum Gasteiger partial charge on any atom is 0.269 e. The Labute approximate surface area is 201 Å². The summed E-state index contributed by atoms with van der Waals surface area (Å²) in [6.07, 6.45) is 0.950. The van der Waals surface area contributed by atoms with Gasteiger partial charge < -0.3 is 10.2 Å². The van der Waals surface area contributed by atoms with Gasteiger partial charge in [-0.05, 0) is 37.5 Å². The predicted octanol–water partition coefficient (Wildman–Crippen LogP) is 2.86. The molecule has 2 aromatic carbocycles. The topological polar surface area (TPSA) is 104 Å². The molecule has 34 heavy (non-hydrogen) atoms. The van der Waals surface area contributed by atoms with Crippen LogP contribution in [0, 0.1) is 6.92 Å². The molecule has 8 nitrogen and oxygen atoms in total. The summed E-state index contributed by atoms with van der Waals surface area (Å²) in [4.78, 5) is 40.3. The summed E-state index contributed by atoms with van der Waals surface area (Å²) in [6, 6.07) is 13.0. The largest absolute Gasteiger partial charge is 0.354 e. The van der Waals surface area contributed by atoms with Crippen LogP contribution in [-0.4, -0.2) is 54.5 Å². The van der Waals surface area contributed by atoms with Crippen LogP contribution in [0.3, 0.4) is 0 Å². The second-order valence-electron chi connectivity index (χ2n) is 8.35. The highest BCUT2D eigenvalue weighted by Crippen LogP contribution is 2.30. The second kappa shape index (κ2) is 10.8. The van der Waals surface area contributed by atoms with Gasteiger partial charge in [-0.3, -0.25) is 14.4 Å². The van der Waals surface area contributed by atoms with E-state index in [2.05, 4.69) is 5.32 Å². The predicted molar refractivity (Wildman–Crippen MR) is 128 cm³/mol. The quantitative estimate of drug-likeness (QED) is 0.557. The molecule has 0 radical (unpaired) electrons. The van der Waals surface area contributed by atoms with Gasteiger partial charge in [-0.2, -0.15) is 0 Å². The zero-order valence-corrected chi connectivity index (χ0v) is 20.6. The minimum atomic E-state index is -4.00. The number of aryl methyl sites for hydroxylation is 1. The molecule has 3 rings (SSSR count). The Morgan fingerprint density at radius 2 is 1.82 bits per heavy atom. The van der Waals surface area contributed by atoms with E-state index in [4.69, 9.17) is 0 Å². The van der Waals surface area contributed by atoms with Gasteiger partial charge in [0.1, 0.15) is 10.9 Å². The summed E-state index contributed by atoms with van der Waals surface area (Å²) >= 11 is 0. The number of carbonyl (C=O) groups is 3. The Balaban J connectivity index is 1.82. The van der Waals surface area contributed by atoms with Crippen LogP contribution in [0.2, 0.25) is 0 Å². The number of amides is 3. The first-order valence-electron chi connectivity index (χ1n) is 11.5. The number of benzene rings is 2. The van der Waals surface area contributed by atoms with Gasteiger partial charge in [0.2, 0.25) is 11.8 Å². The van der Waals surface area contributed by atoms with Crippen molar-refractivity contribution < 1.29 is 22.8 Å². The molecule has 1 N–H and O–H groups in total. The fourth-order valence-electron chi connectivity index (χ4n) is 4.09. The fourth-order valence-corrected chi connectivity index (χ4v) is 5.66. The molecule has 0 bridgehead atoms. The van der Waals surface area contributed by atoms with E-state index in [0.717, 1.165) is 21.9 Å². The molecule has 9 heteroatoms. The van der Waals surface area contributed by atoms with Gasteiger partial charge in [-0.25, -0.2) is 12.7 Å². The first kappa shape index (κ1) is 25.4. The highest BCUT2D eigenvalue weighted by Gasteiger charge is 2.41. The van der Waals surface area contributed by atoms with Crippen molar-refractivity contribution in [3.05, 3.63) is 65.2 Å². The zero-order valence-electron chi connectivity index (χ0n) is 19.8. The molecule has 0 fully saturated rings. The molecule has 0 unspecified atom stereocenters. The van der Waals surface area contributed by atoms with Crippen LogP contribution in [0.15, 0.2) is 53.4 Å². The summed E-state index contributed by atoms with van der Waals surface area (Å²) in [5.74, 6) is -1.28. The summed E-state index contributed by atoms with van der Waals surface area (Å²) in [7, 11) is -4.00. The van der Waals surface area contributed by atoms with E-state index in [0.29, 0.717) is 13.0 Å². The van der Waals surface area contributed by atoms with E-state index in [-0.39, 0.29) is 41.8 Å². The van der Waals surface area contributed by atoms with E-state index in [1.54, 1.807) is 12.1 Å². The lowest BCUT2D eigenvalue weighted by atomic mass is 10.1. The summed E-state index contributed by atoms with van der Waals surface area (Å²) < 4.78 is 26.4. The van der Waals surface area contributed by atoms with E-state index in [9.17, 15) is 22.8 Å². The van der Waals surface area contributed by atoms with Crippen LogP contribution >= 0.6 is 0 Å². The van der Waals surface area contributed by atoms with Crippen LogP contribution in [-0.2, 0) is 26.2 Å². The maximum atomic E-state index is 13.4. The number of nitrogens with one attached hydrogen (secondary N) is 1. The van der Waals surface area contributed by atoms with E-state index >= 15 is 0 Å². The Morgan fingerprint density at radius 1 is 1.09 bits per heavy atom. The monoisotopic (exact) mass is 485 g/mol. The molecule has 0 saturated heterocycles. The lowest BCUT2D eigenvalue weighted by Crippen LogP contribution is -2.49. The summed E-state index contributed by atoms with van der Waals surface area (Å²) in [6.45, 7) is 6.15. The molecule has 1 aliphatic heterocycles. The number of hydrogen-bond donors (Lipinski definition) is 1. The Bertz CT molecular complexity index is 1180.